The number of methoxy groups -OCH3 is 1. The molecule has 0 aliphatic rings. The molecular weight excluding hydrogens is 254 g/mol. The minimum Gasteiger partial charge on any atom is -0.468 e. The first-order valence-electron chi connectivity index (χ1n) is 6.63. The lowest BCUT2D eigenvalue weighted by molar-refractivity contribution is -0.144. The van der Waals surface area contributed by atoms with E-state index in [1.165, 1.54) is 7.11 Å². The Morgan fingerprint density at radius 3 is 2.65 bits per heavy atom. The van der Waals surface area contributed by atoms with Crippen LogP contribution in [0, 0.1) is 5.92 Å². The van der Waals surface area contributed by atoms with Crippen LogP contribution in [0.25, 0.3) is 11.0 Å². The van der Waals surface area contributed by atoms with Crippen molar-refractivity contribution in [1.82, 2.24) is 15.3 Å². The minimum atomic E-state index is -0.340. The summed E-state index contributed by atoms with van der Waals surface area (Å²) in [6.45, 7) is 4.43. The SMILES string of the molecule is COC(=O)[C@@H](NCc1cnc2ccccc2n1)C(C)C. The van der Waals surface area contributed by atoms with Gasteiger partial charge >= 0.3 is 5.97 Å². The van der Waals surface area contributed by atoms with Crippen molar-refractivity contribution in [2.24, 2.45) is 5.92 Å². The monoisotopic (exact) mass is 273 g/mol. The van der Waals surface area contributed by atoms with Gasteiger partial charge in [0.2, 0.25) is 0 Å². The second-order valence-electron chi connectivity index (χ2n) is 4.98. The maximum Gasteiger partial charge on any atom is 0.323 e. The van der Waals surface area contributed by atoms with Gasteiger partial charge in [0.25, 0.3) is 0 Å². The van der Waals surface area contributed by atoms with E-state index in [9.17, 15) is 4.79 Å². The Morgan fingerprint density at radius 1 is 1.30 bits per heavy atom. The molecule has 106 valence electrons. The van der Waals surface area contributed by atoms with Gasteiger partial charge in [-0.1, -0.05) is 26.0 Å². The molecule has 1 N–H and O–H groups in total. The average molecular weight is 273 g/mol. The topological polar surface area (TPSA) is 64.1 Å². The molecule has 0 radical (unpaired) electrons. The first kappa shape index (κ1) is 14.4. The van der Waals surface area contributed by atoms with Crippen molar-refractivity contribution < 1.29 is 9.53 Å². The molecule has 0 amide bonds. The summed E-state index contributed by atoms with van der Waals surface area (Å²) in [5.74, 6) is -0.107. The van der Waals surface area contributed by atoms with E-state index in [-0.39, 0.29) is 17.9 Å². The summed E-state index contributed by atoms with van der Waals surface area (Å²) in [4.78, 5) is 20.5. The number of benzene rings is 1. The fraction of sp³-hybridized carbons (Fsp3) is 0.400. The third-order valence-corrected chi connectivity index (χ3v) is 3.12. The molecule has 5 nitrogen and oxygen atoms in total. The van der Waals surface area contributed by atoms with E-state index in [0.717, 1.165) is 16.7 Å². The lowest BCUT2D eigenvalue weighted by atomic mass is 10.0. The van der Waals surface area contributed by atoms with Crippen LogP contribution in [-0.4, -0.2) is 29.1 Å². The molecule has 0 unspecified atom stereocenters. The zero-order valence-corrected chi connectivity index (χ0v) is 12.0. The summed E-state index contributed by atoms with van der Waals surface area (Å²) in [5.41, 5.74) is 2.52. The van der Waals surface area contributed by atoms with Crippen molar-refractivity contribution in [2.45, 2.75) is 26.4 Å². The van der Waals surface area contributed by atoms with Crippen molar-refractivity contribution in [3.8, 4) is 0 Å². The number of fused-ring (bicyclic) bond motifs is 1. The zero-order chi connectivity index (χ0) is 14.5. The van der Waals surface area contributed by atoms with E-state index in [1.807, 2.05) is 38.1 Å². The smallest absolute Gasteiger partial charge is 0.323 e. The van der Waals surface area contributed by atoms with Gasteiger partial charge in [-0.05, 0) is 18.1 Å². The average Bonchev–Trinajstić information content (AvgIpc) is 2.46. The van der Waals surface area contributed by atoms with Gasteiger partial charge in [-0.3, -0.25) is 15.1 Å². The first-order valence-corrected chi connectivity index (χ1v) is 6.63. The summed E-state index contributed by atoms with van der Waals surface area (Å²) in [6, 6.07) is 7.37. The largest absolute Gasteiger partial charge is 0.468 e. The number of carbonyl (C=O) groups excluding carboxylic acids is 1. The highest BCUT2D eigenvalue weighted by atomic mass is 16.5. The summed E-state index contributed by atoms with van der Waals surface area (Å²) < 4.78 is 4.79. The Labute approximate surface area is 118 Å². The van der Waals surface area contributed by atoms with Gasteiger partial charge in [-0.25, -0.2) is 4.98 Å². The highest BCUT2D eigenvalue weighted by Crippen LogP contribution is 2.09. The van der Waals surface area contributed by atoms with E-state index in [4.69, 9.17) is 4.74 Å². The van der Waals surface area contributed by atoms with Gasteiger partial charge in [0.1, 0.15) is 6.04 Å². The predicted octanol–water partition coefficient (Wildman–Crippen LogP) is 1.92. The summed E-state index contributed by atoms with van der Waals surface area (Å²) >= 11 is 0. The van der Waals surface area contributed by atoms with Gasteiger partial charge in [-0.15, -0.1) is 0 Å². The van der Waals surface area contributed by atoms with E-state index in [1.54, 1.807) is 6.20 Å². The number of carbonyl (C=O) groups is 1. The maximum absolute atomic E-state index is 11.7. The van der Waals surface area contributed by atoms with Gasteiger partial charge in [0, 0.05) is 6.54 Å². The number of rotatable bonds is 5. The second kappa shape index (κ2) is 6.43. The molecule has 1 aromatic heterocycles. The first-order chi connectivity index (χ1) is 9.61. The van der Waals surface area contributed by atoms with E-state index < -0.39 is 0 Å². The highest BCUT2D eigenvalue weighted by Gasteiger charge is 2.22. The Balaban J connectivity index is 2.09. The standard InChI is InChI=1S/C15H19N3O2/c1-10(2)14(15(19)20-3)17-9-11-8-16-12-6-4-5-7-13(12)18-11/h4-8,10,14,17H,9H2,1-3H3/t14-/m0/s1. The molecular formula is C15H19N3O2. The molecule has 2 rings (SSSR count). The third kappa shape index (κ3) is 3.30. The van der Waals surface area contributed by atoms with Crippen LogP contribution in [0.4, 0.5) is 0 Å². The van der Waals surface area contributed by atoms with Crippen LogP contribution in [0.15, 0.2) is 30.5 Å². The summed E-state index contributed by atoms with van der Waals surface area (Å²) in [5, 5.41) is 3.17. The summed E-state index contributed by atoms with van der Waals surface area (Å²) in [7, 11) is 1.40. The number of aromatic nitrogens is 2. The number of nitrogens with zero attached hydrogens (tertiary/aromatic N) is 2. The zero-order valence-electron chi connectivity index (χ0n) is 12.0. The fourth-order valence-corrected chi connectivity index (χ4v) is 2.01. The second-order valence-corrected chi connectivity index (χ2v) is 4.98. The molecule has 1 aromatic carbocycles. The molecule has 20 heavy (non-hydrogen) atoms. The van der Waals surface area contributed by atoms with Gasteiger partial charge < -0.3 is 4.74 Å². The molecule has 1 atom stereocenters. The van der Waals surface area contributed by atoms with Crippen LogP contribution in [0.3, 0.4) is 0 Å². The number of para-hydroxylation sites is 2. The summed E-state index contributed by atoms with van der Waals surface area (Å²) in [6.07, 6.45) is 1.73. The molecule has 0 spiro atoms. The van der Waals surface area contributed by atoms with E-state index >= 15 is 0 Å². The quantitative estimate of drug-likeness (QED) is 0.843. The van der Waals surface area contributed by atoms with Gasteiger partial charge in [0.15, 0.2) is 0 Å². The van der Waals surface area contributed by atoms with Crippen molar-refractivity contribution in [1.29, 1.82) is 0 Å². The van der Waals surface area contributed by atoms with E-state index in [2.05, 4.69) is 15.3 Å². The molecule has 0 fully saturated rings. The molecule has 0 aliphatic heterocycles. The number of hydrogen-bond acceptors (Lipinski definition) is 5. The normalized spacial score (nSPS) is 12.6. The van der Waals surface area contributed by atoms with Crippen molar-refractivity contribution in [2.75, 3.05) is 7.11 Å². The van der Waals surface area contributed by atoms with Crippen LogP contribution in [0.1, 0.15) is 19.5 Å². The number of ether oxygens (including phenoxy) is 1. The minimum absolute atomic E-state index is 0.149. The molecule has 5 heteroatoms. The fourth-order valence-electron chi connectivity index (χ4n) is 2.01. The molecule has 0 bridgehead atoms. The number of hydrogen-bond donors (Lipinski definition) is 1. The lowest BCUT2D eigenvalue weighted by Crippen LogP contribution is -2.41. The highest BCUT2D eigenvalue weighted by molar-refractivity contribution is 5.76. The van der Waals surface area contributed by atoms with Crippen LogP contribution in [0.2, 0.25) is 0 Å². The van der Waals surface area contributed by atoms with Crippen LogP contribution in [-0.2, 0) is 16.1 Å². The van der Waals surface area contributed by atoms with Crippen molar-refractivity contribution >= 4 is 17.0 Å². The lowest BCUT2D eigenvalue weighted by Gasteiger charge is -2.19. The van der Waals surface area contributed by atoms with E-state index in [0.29, 0.717) is 6.54 Å². The molecule has 2 aromatic rings. The van der Waals surface area contributed by atoms with Crippen LogP contribution < -0.4 is 5.32 Å². The third-order valence-electron chi connectivity index (χ3n) is 3.12. The Bertz CT molecular complexity index is 598. The Morgan fingerprint density at radius 2 is 2.00 bits per heavy atom. The van der Waals surface area contributed by atoms with Crippen LogP contribution >= 0.6 is 0 Å². The Hall–Kier alpha value is -2.01. The number of nitrogens with one attached hydrogen (secondary N) is 1. The Kier molecular flexibility index (Phi) is 4.63. The van der Waals surface area contributed by atoms with Gasteiger partial charge in [-0.2, -0.15) is 0 Å². The molecule has 0 saturated heterocycles. The molecule has 1 heterocycles. The molecule has 0 saturated carbocycles. The van der Waals surface area contributed by atoms with Crippen molar-refractivity contribution in [3.05, 3.63) is 36.2 Å². The molecule has 0 aliphatic carbocycles. The van der Waals surface area contributed by atoms with Crippen molar-refractivity contribution in [3.63, 3.8) is 0 Å². The van der Waals surface area contributed by atoms with Crippen LogP contribution in [0.5, 0.6) is 0 Å². The maximum atomic E-state index is 11.7. The van der Waals surface area contributed by atoms with Gasteiger partial charge in [0.05, 0.1) is 30.0 Å². The predicted molar refractivity (Wildman–Crippen MR) is 77.0 cm³/mol. The number of esters is 1.